The van der Waals surface area contributed by atoms with E-state index in [0.29, 0.717) is 20.2 Å². The van der Waals surface area contributed by atoms with Crippen LogP contribution in [-0.2, 0) is 9.47 Å². The summed E-state index contributed by atoms with van der Waals surface area (Å²) >= 11 is 9.96. The number of hydrogen-bond acceptors (Lipinski definition) is 5. The fourth-order valence-corrected chi connectivity index (χ4v) is 3.98. The summed E-state index contributed by atoms with van der Waals surface area (Å²) in [5.41, 5.74) is 0.903. The van der Waals surface area contributed by atoms with Gasteiger partial charge in [-0.3, -0.25) is 5.32 Å². The van der Waals surface area contributed by atoms with Gasteiger partial charge >= 0.3 is 6.09 Å². The molecule has 0 unspecified atom stereocenters. The minimum atomic E-state index is -0.939. The fraction of sp³-hybridized carbons (Fsp3) is 0.278. The normalized spacial score (nSPS) is 13.1. The molecule has 0 spiro atoms. The van der Waals surface area contributed by atoms with Gasteiger partial charge in [-0.1, -0.05) is 31.9 Å². The molecule has 2 aromatic rings. The molecule has 3 N–H and O–H groups in total. The monoisotopic (exact) mass is 565 g/mol. The van der Waals surface area contributed by atoms with E-state index in [1.807, 2.05) is 0 Å². The second-order valence-corrected chi connectivity index (χ2v) is 8.26. The van der Waals surface area contributed by atoms with E-state index in [-0.39, 0.29) is 18.8 Å². The maximum Gasteiger partial charge on any atom is 0.412 e. The largest absolute Gasteiger partial charge is 0.506 e. The summed E-state index contributed by atoms with van der Waals surface area (Å²) in [7, 11) is 1.45. The van der Waals surface area contributed by atoms with Gasteiger partial charge in [0, 0.05) is 40.3 Å². The molecule has 2 rings (SSSR count). The molecule has 0 fully saturated rings. The molecule has 0 aromatic heterocycles. The Bertz CT molecular complexity index is 785. The second kappa shape index (κ2) is 10.4. The van der Waals surface area contributed by atoms with Crippen molar-refractivity contribution in [2.24, 2.45) is 0 Å². The summed E-state index contributed by atoms with van der Waals surface area (Å²) in [5.74, 6) is -0.0698. The van der Waals surface area contributed by atoms with E-state index in [0.717, 1.165) is 4.47 Å². The van der Waals surface area contributed by atoms with Gasteiger partial charge in [0.15, 0.2) is 6.10 Å². The molecule has 0 bridgehead atoms. The summed E-state index contributed by atoms with van der Waals surface area (Å²) in [6, 6.07) is 10.3. The highest BCUT2D eigenvalue weighted by atomic mass is 79.9. The number of aliphatic hydroxyl groups is 1. The van der Waals surface area contributed by atoms with Crippen molar-refractivity contribution in [1.29, 1.82) is 0 Å². The minimum Gasteiger partial charge on any atom is -0.506 e. The number of aliphatic hydroxyl groups excluding tert-OH is 1. The van der Waals surface area contributed by atoms with Crippen molar-refractivity contribution in [3.63, 3.8) is 0 Å². The molecule has 0 saturated carbocycles. The van der Waals surface area contributed by atoms with Crippen LogP contribution in [0.1, 0.15) is 18.1 Å². The lowest BCUT2D eigenvalue weighted by Crippen LogP contribution is -2.29. The molecule has 0 aliphatic rings. The smallest absolute Gasteiger partial charge is 0.412 e. The molecule has 146 valence electrons. The maximum absolute atomic E-state index is 12.4. The Hall–Kier alpha value is -1.13. The lowest BCUT2D eigenvalue weighted by atomic mass is 10.0. The summed E-state index contributed by atoms with van der Waals surface area (Å²) in [5, 5.41) is 22.4. The predicted molar refractivity (Wildman–Crippen MR) is 113 cm³/mol. The first-order valence-corrected chi connectivity index (χ1v) is 10.3. The standard InChI is InChI=1S/C18H18Br3NO5/c1-26-15(6-7-23)17(13-8-11(20)9-14(21)16(13)24)27-18(25)22-12-4-2-10(19)3-5-12/h2-5,8-9,15,17,23-24H,6-7H2,1H3,(H,22,25)/t15-,17-/m1/s1. The van der Waals surface area contributed by atoms with Crippen molar-refractivity contribution in [2.75, 3.05) is 19.0 Å². The molecule has 9 heteroatoms. The summed E-state index contributed by atoms with van der Waals surface area (Å²) in [6.07, 6.45) is -2.09. The van der Waals surface area contributed by atoms with Crippen LogP contribution in [0.2, 0.25) is 0 Å². The van der Waals surface area contributed by atoms with Crippen LogP contribution in [0.4, 0.5) is 10.5 Å². The first kappa shape index (κ1) is 22.2. The summed E-state index contributed by atoms with van der Waals surface area (Å²) < 4.78 is 13.0. The van der Waals surface area contributed by atoms with E-state index in [1.54, 1.807) is 36.4 Å². The number of carbonyl (C=O) groups excluding carboxylic acids is 1. The molecule has 1 amide bonds. The van der Waals surface area contributed by atoms with Crippen molar-refractivity contribution >= 4 is 59.6 Å². The van der Waals surface area contributed by atoms with E-state index in [4.69, 9.17) is 9.47 Å². The van der Waals surface area contributed by atoms with Gasteiger partial charge < -0.3 is 19.7 Å². The van der Waals surface area contributed by atoms with Crippen LogP contribution >= 0.6 is 47.8 Å². The summed E-state index contributed by atoms with van der Waals surface area (Å²) in [4.78, 5) is 12.4. The van der Waals surface area contributed by atoms with Crippen LogP contribution < -0.4 is 5.32 Å². The van der Waals surface area contributed by atoms with Crippen LogP contribution in [-0.4, -0.2) is 36.1 Å². The topological polar surface area (TPSA) is 88.0 Å². The number of rotatable bonds is 7. The highest BCUT2D eigenvalue weighted by Gasteiger charge is 2.30. The Morgan fingerprint density at radius 1 is 1.15 bits per heavy atom. The Balaban J connectivity index is 2.30. The van der Waals surface area contributed by atoms with Gasteiger partial charge in [0.05, 0.1) is 4.47 Å². The van der Waals surface area contributed by atoms with Gasteiger partial charge in [-0.25, -0.2) is 4.79 Å². The van der Waals surface area contributed by atoms with Gasteiger partial charge in [-0.05, 0) is 52.3 Å². The number of phenolic OH excluding ortho intramolecular Hbond substituents is 1. The van der Waals surface area contributed by atoms with Gasteiger partial charge in [0.25, 0.3) is 0 Å². The van der Waals surface area contributed by atoms with E-state index in [1.165, 1.54) is 7.11 Å². The number of carbonyl (C=O) groups is 1. The van der Waals surface area contributed by atoms with Gasteiger partial charge in [0.2, 0.25) is 0 Å². The highest BCUT2D eigenvalue weighted by Crippen LogP contribution is 2.39. The molecule has 2 atom stereocenters. The molecule has 0 radical (unpaired) electrons. The van der Waals surface area contributed by atoms with Gasteiger partial charge in [-0.15, -0.1) is 0 Å². The average Bonchev–Trinajstić information content (AvgIpc) is 2.63. The van der Waals surface area contributed by atoms with E-state index in [9.17, 15) is 15.0 Å². The number of nitrogens with one attached hydrogen (secondary N) is 1. The van der Waals surface area contributed by atoms with E-state index in [2.05, 4.69) is 53.1 Å². The lowest BCUT2D eigenvalue weighted by Gasteiger charge is -2.27. The highest BCUT2D eigenvalue weighted by molar-refractivity contribution is 9.11. The van der Waals surface area contributed by atoms with Crippen molar-refractivity contribution in [1.82, 2.24) is 0 Å². The Kier molecular flexibility index (Phi) is 8.56. The fourth-order valence-electron chi connectivity index (χ4n) is 2.46. The number of anilines is 1. The zero-order chi connectivity index (χ0) is 20.0. The number of amides is 1. The second-order valence-electron chi connectivity index (χ2n) is 5.57. The van der Waals surface area contributed by atoms with Crippen LogP contribution in [0, 0.1) is 0 Å². The van der Waals surface area contributed by atoms with Gasteiger partial charge in [0.1, 0.15) is 11.9 Å². The van der Waals surface area contributed by atoms with Crippen LogP contribution in [0.5, 0.6) is 5.75 Å². The van der Waals surface area contributed by atoms with E-state index >= 15 is 0 Å². The van der Waals surface area contributed by atoms with Crippen LogP contribution in [0.25, 0.3) is 0 Å². The molecular weight excluding hydrogens is 550 g/mol. The van der Waals surface area contributed by atoms with Crippen LogP contribution in [0.3, 0.4) is 0 Å². The first-order chi connectivity index (χ1) is 12.8. The predicted octanol–water partition coefficient (Wildman–Crippen LogP) is 5.37. The van der Waals surface area contributed by atoms with Crippen molar-refractivity contribution < 1.29 is 24.5 Å². The van der Waals surface area contributed by atoms with Crippen LogP contribution in [0.15, 0.2) is 49.8 Å². The van der Waals surface area contributed by atoms with Crippen molar-refractivity contribution in [2.45, 2.75) is 18.6 Å². The Morgan fingerprint density at radius 3 is 2.41 bits per heavy atom. The number of ether oxygens (including phenoxy) is 2. The number of phenols is 1. The molecule has 2 aromatic carbocycles. The van der Waals surface area contributed by atoms with E-state index < -0.39 is 18.3 Å². The molecule has 0 aliphatic carbocycles. The third-order valence-corrected chi connectivity index (χ3v) is 5.33. The number of halogens is 3. The molecular formula is C18H18Br3NO5. The first-order valence-electron chi connectivity index (χ1n) is 7.90. The quantitative estimate of drug-likeness (QED) is 0.419. The van der Waals surface area contributed by atoms with Gasteiger partial charge in [-0.2, -0.15) is 0 Å². The molecule has 0 heterocycles. The summed E-state index contributed by atoms with van der Waals surface area (Å²) in [6.45, 7) is -0.164. The number of methoxy groups -OCH3 is 1. The SMILES string of the molecule is CO[C@H](CCO)[C@H](OC(=O)Nc1ccc(Br)cc1)c1cc(Br)cc(Br)c1O. The molecule has 0 aliphatic heterocycles. The van der Waals surface area contributed by atoms with Crippen molar-refractivity contribution in [3.8, 4) is 5.75 Å². The molecule has 6 nitrogen and oxygen atoms in total. The average molecular weight is 568 g/mol. The molecule has 27 heavy (non-hydrogen) atoms. The minimum absolute atomic E-state index is 0.0698. The zero-order valence-corrected chi connectivity index (χ0v) is 19.0. The lowest BCUT2D eigenvalue weighted by molar-refractivity contribution is -0.0314. The maximum atomic E-state index is 12.4. The Morgan fingerprint density at radius 2 is 1.81 bits per heavy atom. The Labute approximate surface area is 182 Å². The van der Waals surface area contributed by atoms with Crippen molar-refractivity contribution in [3.05, 3.63) is 55.4 Å². The molecule has 0 saturated heterocycles. The number of benzene rings is 2. The third-order valence-electron chi connectivity index (χ3n) is 3.74. The number of hydrogen-bond donors (Lipinski definition) is 3. The zero-order valence-electron chi connectivity index (χ0n) is 14.3. The third kappa shape index (κ3) is 6.18. The number of aromatic hydroxyl groups is 1.